The minimum atomic E-state index is -4.68. The number of nitrogens with one attached hydrogen (secondary N) is 2. The van der Waals surface area contributed by atoms with Crippen LogP contribution >= 0.6 is 0 Å². The van der Waals surface area contributed by atoms with E-state index in [1.807, 2.05) is 0 Å². The molecular formula is C24H28F3N5O3. The Labute approximate surface area is 200 Å². The molecule has 8 nitrogen and oxygen atoms in total. The van der Waals surface area contributed by atoms with Gasteiger partial charge in [-0.15, -0.1) is 0 Å². The molecule has 0 spiro atoms. The van der Waals surface area contributed by atoms with Gasteiger partial charge in [-0.2, -0.15) is 13.2 Å². The van der Waals surface area contributed by atoms with Gasteiger partial charge in [-0.05, 0) is 63.6 Å². The molecule has 0 aromatic carbocycles. The molecule has 188 valence electrons. The van der Waals surface area contributed by atoms with Crippen molar-refractivity contribution in [3.8, 4) is 0 Å². The van der Waals surface area contributed by atoms with E-state index in [9.17, 15) is 28.2 Å². The maximum absolute atomic E-state index is 13.0. The third kappa shape index (κ3) is 6.56. The van der Waals surface area contributed by atoms with Crippen LogP contribution in [0.4, 0.5) is 18.9 Å². The molecule has 1 saturated carbocycles. The van der Waals surface area contributed by atoms with Crippen molar-refractivity contribution >= 4 is 17.2 Å². The summed E-state index contributed by atoms with van der Waals surface area (Å²) in [5, 5.41) is 26.4. The quantitative estimate of drug-likeness (QED) is 0.340. The number of hydrogen-bond donors (Lipinski definition) is 4. The van der Waals surface area contributed by atoms with Gasteiger partial charge in [-0.1, -0.05) is 6.07 Å². The molecular weight excluding hydrogens is 463 g/mol. The van der Waals surface area contributed by atoms with E-state index in [2.05, 4.69) is 20.6 Å². The van der Waals surface area contributed by atoms with E-state index < -0.39 is 35.3 Å². The van der Waals surface area contributed by atoms with E-state index in [0.717, 1.165) is 25.0 Å². The van der Waals surface area contributed by atoms with Crippen LogP contribution in [0.15, 0.2) is 36.7 Å². The van der Waals surface area contributed by atoms with E-state index in [-0.39, 0.29) is 5.69 Å². The number of anilines is 1. The summed E-state index contributed by atoms with van der Waals surface area (Å²) in [7, 11) is 0. The SMILES string of the molecule is CC(C)(O)CCc1cn2cc(NC(=O)c3cccc(C(F)(F)F)n3)c(C(O)NCC3CC3)cc2n1. The lowest BCUT2D eigenvalue weighted by Gasteiger charge is -2.18. The molecule has 0 saturated heterocycles. The molecule has 0 radical (unpaired) electrons. The van der Waals surface area contributed by atoms with Crippen molar-refractivity contribution in [2.45, 2.75) is 57.5 Å². The van der Waals surface area contributed by atoms with Crippen LogP contribution in [-0.2, 0) is 12.6 Å². The molecule has 1 atom stereocenters. The highest BCUT2D eigenvalue weighted by Crippen LogP contribution is 2.30. The number of alkyl halides is 3. The van der Waals surface area contributed by atoms with Crippen molar-refractivity contribution in [1.82, 2.24) is 19.7 Å². The van der Waals surface area contributed by atoms with Crippen LogP contribution in [0.3, 0.4) is 0 Å². The number of rotatable bonds is 9. The number of nitrogens with zero attached hydrogens (tertiary/aromatic N) is 3. The Balaban J connectivity index is 1.64. The highest BCUT2D eigenvalue weighted by atomic mass is 19.4. The number of halogens is 3. The Morgan fingerprint density at radius 1 is 1.23 bits per heavy atom. The second-order valence-corrected chi connectivity index (χ2v) is 9.57. The number of carbonyl (C=O) groups excluding carboxylic acids is 1. The normalized spacial score (nSPS) is 15.4. The molecule has 0 bridgehead atoms. The summed E-state index contributed by atoms with van der Waals surface area (Å²) < 4.78 is 40.8. The largest absolute Gasteiger partial charge is 0.433 e. The first-order valence-electron chi connectivity index (χ1n) is 11.4. The van der Waals surface area contributed by atoms with Crippen LogP contribution in [0.25, 0.3) is 5.65 Å². The first-order valence-corrected chi connectivity index (χ1v) is 11.4. The molecule has 11 heteroatoms. The van der Waals surface area contributed by atoms with E-state index in [0.29, 0.717) is 42.2 Å². The lowest BCUT2D eigenvalue weighted by molar-refractivity contribution is -0.141. The summed E-state index contributed by atoms with van der Waals surface area (Å²) in [5.74, 6) is -0.353. The molecule has 1 amide bonds. The monoisotopic (exact) mass is 491 g/mol. The smallest absolute Gasteiger partial charge is 0.390 e. The van der Waals surface area contributed by atoms with Crippen LogP contribution in [-0.4, -0.2) is 42.6 Å². The zero-order valence-electron chi connectivity index (χ0n) is 19.4. The number of aromatic nitrogens is 3. The summed E-state index contributed by atoms with van der Waals surface area (Å²) in [5.41, 5.74) is -0.654. The third-order valence-electron chi connectivity index (χ3n) is 5.78. The van der Waals surface area contributed by atoms with E-state index in [4.69, 9.17) is 0 Å². The van der Waals surface area contributed by atoms with Crippen LogP contribution in [0.1, 0.15) is 66.8 Å². The van der Waals surface area contributed by atoms with Gasteiger partial charge in [0.25, 0.3) is 5.91 Å². The number of aliphatic hydroxyl groups is 2. The topological polar surface area (TPSA) is 112 Å². The van der Waals surface area contributed by atoms with Crippen molar-refractivity contribution in [2.75, 3.05) is 11.9 Å². The second-order valence-electron chi connectivity index (χ2n) is 9.57. The van der Waals surface area contributed by atoms with Gasteiger partial charge in [-0.3, -0.25) is 10.1 Å². The summed E-state index contributed by atoms with van der Waals surface area (Å²) in [6, 6.07) is 4.72. The average molecular weight is 492 g/mol. The molecule has 1 unspecified atom stereocenters. The minimum Gasteiger partial charge on any atom is -0.390 e. The van der Waals surface area contributed by atoms with Gasteiger partial charge < -0.3 is 19.9 Å². The van der Waals surface area contributed by atoms with Gasteiger partial charge in [0.2, 0.25) is 0 Å². The maximum atomic E-state index is 13.0. The van der Waals surface area contributed by atoms with Gasteiger partial charge in [0.1, 0.15) is 23.3 Å². The summed E-state index contributed by atoms with van der Waals surface area (Å²) >= 11 is 0. The summed E-state index contributed by atoms with van der Waals surface area (Å²) in [6.45, 7) is 4.01. The van der Waals surface area contributed by atoms with Crippen LogP contribution in [0.5, 0.6) is 0 Å². The van der Waals surface area contributed by atoms with Crippen molar-refractivity contribution in [3.05, 3.63) is 59.3 Å². The first-order chi connectivity index (χ1) is 16.4. The standard InChI is InChI=1S/C24H28F3N5O3/c1-23(2,35)9-8-15-12-32-13-18(16(10-20(32)29-15)21(33)28-11-14-6-7-14)31-22(34)17-4-3-5-19(30-17)24(25,26)27/h3-5,10,12-14,21,28,33,35H,6-9,11H2,1-2H3,(H,31,34). The number of amides is 1. The number of hydrogen-bond acceptors (Lipinski definition) is 6. The Bertz CT molecular complexity index is 1220. The molecule has 0 aliphatic heterocycles. The fourth-order valence-corrected chi connectivity index (χ4v) is 3.60. The van der Waals surface area contributed by atoms with Crippen molar-refractivity contribution in [1.29, 1.82) is 0 Å². The molecule has 4 N–H and O–H groups in total. The van der Waals surface area contributed by atoms with Gasteiger partial charge in [0.05, 0.1) is 17.0 Å². The van der Waals surface area contributed by atoms with Gasteiger partial charge in [0, 0.05) is 24.5 Å². The molecule has 1 aliphatic carbocycles. The Kier molecular flexibility index (Phi) is 6.85. The first kappa shape index (κ1) is 25.1. The zero-order chi connectivity index (χ0) is 25.4. The van der Waals surface area contributed by atoms with Gasteiger partial charge in [-0.25, -0.2) is 9.97 Å². The molecule has 35 heavy (non-hydrogen) atoms. The van der Waals surface area contributed by atoms with E-state index in [1.165, 1.54) is 6.07 Å². The zero-order valence-corrected chi connectivity index (χ0v) is 19.4. The highest BCUT2D eigenvalue weighted by Gasteiger charge is 2.33. The van der Waals surface area contributed by atoms with Crippen LogP contribution < -0.4 is 10.6 Å². The predicted molar refractivity (Wildman–Crippen MR) is 123 cm³/mol. The lowest BCUT2D eigenvalue weighted by atomic mass is 10.0. The Morgan fingerprint density at radius 2 is 1.97 bits per heavy atom. The summed E-state index contributed by atoms with van der Waals surface area (Å²) in [4.78, 5) is 20.8. The van der Waals surface area contributed by atoms with Crippen molar-refractivity contribution in [2.24, 2.45) is 5.92 Å². The van der Waals surface area contributed by atoms with Crippen LogP contribution in [0.2, 0.25) is 0 Å². The molecule has 3 aromatic rings. The van der Waals surface area contributed by atoms with Gasteiger partial charge in [0.15, 0.2) is 0 Å². The fraction of sp³-hybridized carbons (Fsp3) is 0.458. The van der Waals surface area contributed by atoms with E-state index in [1.54, 1.807) is 36.7 Å². The molecule has 1 aliphatic rings. The molecule has 3 heterocycles. The van der Waals surface area contributed by atoms with E-state index >= 15 is 0 Å². The predicted octanol–water partition coefficient (Wildman–Crippen LogP) is 3.69. The number of fused-ring (bicyclic) bond motifs is 1. The number of pyridine rings is 2. The maximum Gasteiger partial charge on any atom is 0.433 e. The summed E-state index contributed by atoms with van der Waals surface area (Å²) in [6.07, 6.45) is 0.648. The second kappa shape index (κ2) is 9.56. The van der Waals surface area contributed by atoms with Crippen molar-refractivity contribution in [3.63, 3.8) is 0 Å². The number of carbonyl (C=O) groups is 1. The Morgan fingerprint density at radius 3 is 2.63 bits per heavy atom. The highest BCUT2D eigenvalue weighted by molar-refractivity contribution is 6.03. The number of aryl methyl sites for hydroxylation is 1. The lowest BCUT2D eigenvalue weighted by Crippen LogP contribution is -2.25. The molecule has 4 rings (SSSR count). The molecule has 3 aromatic heterocycles. The number of aliphatic hydroxyl groups excluding tert-OH is 1. The van der Waals surface area contributed by atoms with Crippen molar-refractivity contribution < 1.29 is 28.2 Å². The minimum absolute atomic E-state index is 0.212. The number of imidazole rings is 1. The third-order valence-corrected chi connectivity index (χ3v) is 5.78. The van der Waals surface area contributed by atoms with Gasteiger partial charge >= 0.3 is 6.18 Å². The molecule has 1 fully saturated rings. The Hall–Kier alpha value is -3.02. The van der Waals surface area contributed by atoms with Crippen LogP contribution in [0, 0.1) is 5.92 Å². The average Bonchev–Trinajstić information content (AvgIpc) is 3.52. The fourth-order valence-electron chi connectivity index (χ4n) is 3.60.